The van der Waals surface area contributed by atoms with Crippen molar-refractivity contribution in [1.29, 1.82) is 0 Å². The van der Waals surface area contributed by atoms with Gasteiger partial charge in [0.2, 0.25) is 0 Å². The van der Waals surface area contributed by atoms with Crippen LogP contribution in [0.2, 0.25) is 0 Å². The first-order valence-corrected chi connectivity index (χ1v) is 7.54. The first kappa shape index (κ1) is 17.1. The summed E-state index contributed by atoms with van der Waals surface area (Å²) in [5.41, 5.74) is 0.345. The number of pyridine rings is 1. The topological polar surface area (TPSA) is 72.0 Å². The van der Waals surface area contributed by atoms with Gasteiger partial charge in [0.1, 0.15) is 5.60 Å². The Hall–Kier alpha value is -2.31. The summed E-state index contributed by atoms with van der Waals surface area (Å²) in [6.45, 7) is 6.74. The van der Waals surface area contributed by atoms with E-state index < -0.39 is 23.7 Å². The van der Waals surface area contributed by atoms with Crippen molar-refractivity contribution in [2.75, 3.05) is 31.6 Å². The van der Waals surface area contributed by atoms with Gasteiger partial charge in [-0.1, -0.05) is 0 Å². The number of nitrogens with zero attached hydrogens (tertiary/aromatic N) is 3. The highest BCUT2D eigenvalue weighted by Gasteiger charge is 2.38. The van der Waals surface area contributed by atoms with Crippen LogP contribution in [0.3, 0.4) is 0 Å². The third-order valence-corrected chi connectivity index (χ3v) is 3.51. The Kier molecular flexibility index (Phi) is 5.08. The maximum Gasteiger partial charge on any atom is 0.411 e. The molecule has 7 heteroatoms. The monoisotopic (exact) mass is 321 g/mol. The molecular formula is C16H23N3O4. The lowest BCUT2D eigenvalue weighted by Crippen LogP contribution is -2.59. The molecule has 0 N–H and O–H groups in total. The smallest absolute Gasteiger partial charge is 0.411 e. The summed E-state index contributed by atoms with van der Waals surface area (Å²) in [5.74, 6) is -0.449. The highest BCUT2D eigenvalue weighted by Crippen LogP contribution is 2.21. The minimum atomic E-state index is -0.697. The van der Waals surface area contributed by atoms with E-state index in [1.54, 1.807) is 33.2 Å². The van der Waals surface area contributed by atoms with Crippen LogP contribution in [0, 0.1) is 0 Å². The second-order valence-electron chi connectivity index (χ2n) is 6.36. The summed E-state index contributed by atoms with van der Waals surface area (Å²) in [6.07, 6.45) is 2.90. The molecule has 0 spiro atoms. The highest BCUT2D eigenvalue weighted by atomic mass is 16.6. The van der Waals surface area contributed by atoms with Crippen molar-refractivity contribution in [2.45, 2.75) is 32.4 Å². The number of carbonyl (C=O) groups is 2. The Labute approximate surface area is 136 Å². The van der Waals surface area contributed by atoms with Gasteiger partial charge in [-0.05, 0) is 32.9 Å². The third-order valence-electron chi connectivity index (χ3n) is 3.51. The van der Waals surface area contributed by atoms with Gasteiger partial charge in [-0.3, -0.25) is 9.88 Å². The van der Waals surface area contributed by atoms with Crippen LogP contribution in [0.4, 0.5) is 10.5 Å². The Morgan fingerprint density at radius 2 is 1.87 bits per heavy atom. The van der Waals surface area contributed by atoms with Gasteiger partial charge < -0.3 is 14.4 Å². The van der Waals surface area contributed by atoms with Crippen LogP contribution in [0.15, 0.2) is 24.5 Å². The van der Waals surface area contributed by atoms with Crippen LogP contribution >= 0.6 is 0 Å². The maximum atomic E-state index is 12.4. The van der Waals surface area contributed by atoms with Gasteiger partial charge >= 0.3 is 12.1 Å². The summed E-state index contributed by atoms with van der Waals surface area (Å²) in [4.78, 5) is 31.9. The van der Waals surface area contributed by atoms with Gasteiger partial charge in [0.05, 0.1) is 7.11 Å². The Morgan fingerprint density at radius 3 is 2.43 bits per heavy atom. The predicted molar refractivity (Wildman–Crippen MR) is 85.2 cm³/mol. The quantitative estimate of drug-likeness (QED) is 0.772. The molecule has 1 atom stereocenters. The molecule has 0 aromatic carbocycles. The molecule has 0 bridgehead atoms. The second kappa shape index (κ2) is 6.85. The fourth-order valence-electron chi connectivity index (χ4n) is 2.45. The van der Waals surface area contributed by atoms with E-state index in [4.69, 9.17) is 9.47 Å². The number of methoxy groups -OCH3 is 1. The number of anilines is 1. The number of hydrogen-bond acceptors (Lipinski definition) is 6. The lowest BCUT2D eigenvalue weighted by Gasteiger charge is -2.41. The molecule has 23 heavy (non-hydrogen) atoms. The largest absolute Gasteiger partial charge is 0.467 e. The number of piperazine rings is 1. The van der Waals surface area contributed by atoms with E-state index in [0.717, 1.165) is 5.69 Å². The van der Waals surface area contributed by atoms with Gasteiger partial charge in [-0.25, -0.2) is 9.59 Å². The van der Waals surface area contributed by atoms with Gasteiger partial charge in [0, 0.05) is 37.7 Å². The lowest BCUT2D eigenvalue weighted by molar-refractivity contribution is -0.147. The zero-order chi connectivity index (χ0) is 17.0. The average molecular weight is 321 g/mol. The Balaban J connectivity index is 2.16. The van der Waals surface area contributed by atoms with E-state index in [1.807, 2.05) is 17.0 Å². The first-order valence-electron chi connectivity index (χ1n) is 7.54. The molecule has 1 saturated heterocycles. The van der Waals surface area contributed by atoms with E-state index in [2.05, 4.69) is 4.98 Å². The van der Waals surface area contributed by atoms with Gasteiger partial charge in [-0.2, -0.15) is 0 Å². The molecule has 1 aromatic rings. The standard InChI is InChI=1S/C16H23N3O4/c1-16(2,3)23-15(21)19-10-9-18(11-13(19)14(20)22-4)12-5-7-17-8-6-12/h5-8,13H,9-11H2,1-4H3. The molecule has 126 valence electrons. The molecule has 2 rings (SSSR count). The summed E-state index contributed by atoms with van der Waals surface area (Å²) in [6, 6.07) is 3.05. The van der Waals surface area contributed by atoms with Crippen LogP contribution in [-0.4, -0.2) is 60.3 Å². The second-order valence-corrected chi connectivity index (χ2v) is 6.36. The van der Waals surface area contributed by atoms with Crippen molar-refractivity contribution in [2.24, 2.45) is 0 Å². The van der Waals surface area contributed by atoms with Crippen LogP contribution in [0.1, 0.15) is 20.8 Å². The molecule has 1 unspecified atom stereocenters. The maximum absolute atomic E-state index is 12.4. The minimum Gasteiger partial charge on any atom is -0.467 e. The molecule has 0 aliphatic carbocycles. The number of aromatic nitrogens is 1. The van der Waals surface area contributed by atoms with Gasteiger partial charge in [0.15, 0.2) is 6.04 Å². The Bertz CT molecular complexity index is 556. The third kappa shape index (κ3) is 4.34. The molecule has 1 aliphatic heterocycles. The van der Waals surface area contributed by atoms with Crippen molar-refractivity contribution < 1.29 is 19.1 Å². The van der Waals surface area contributed by atoms with Crippen molar-refractivity contribution in [3.05, 3.63) is 24.5 Å². The number of amides is 1. The Morgan fingerprint density at radius 1 is 1.22 bits per heavy atom. The van der Waals surface area contributed by atoms with E-state index >= 15 is 0 Å². The fraction of sp³-hybridized carbons (Fsp3) is 0.562. The van der Waals surface area contributed by atoms with Crippen molar-refractivity contribution in [3.63, 3.8) is 0 Å². The van der Waals surface area contributed by atoms with Crippen LogP contribution in [-0.2, 0) is 14.3 Å². The molecule has 1 aliphatic rings. The fourth-order valence-corrected chi connectivity index (χ4v) is 2.45. The summed E-state index contributed by atoms with van der Waals surface area (Å²) in [5, 5.41) is 0. The van der Waals surface area contributed by atoms with E-state index in [0.29, 0.717) is 19.6 Å². The number of rotatable bonds is 2. The van der Waals surface area contributed by atoms with Crippen LogP contribution in [0.25, 0.3) is 0 Å². The van der Waals surface area contributed by atoms with E-state index in [1.165, 1.54) is 12.0 Å². The van der Waals surface area contributed by atoms with Gasteiger partial charge in [-0.15, -0.1) is 0 Å². The zero-order valence-corrected chi connectivity index (χ0v) is 14.0. The van der Waals surface area contributed by atoms with Crippen molar-refractivity contribution in [3.8, 4) is 0 Å². The molecule has 7 nitrogen and oxygen atoms in total. The molecule has 0 saturated carbocycles. The SMILES string of the molecule is COC(=O)C1CN(c2ccncc2)CCN1C(=O)OC(C)(C)C. The van der Waals surface area contributed by atoms with Gasteiger partial charge in [0.25, 0.3) is 0 Å². The van der Waals surface area contributed by atoms with Crippen molar-refractivity contribution >= 4 is 17.7 Å². The van der Waals surface area contributed by atoms with E-state index in [9.17, 15) is 9.59 Å². The summed E-state index contributed by atoms with van der Waals surface area (Å²) in [7, 11) is 1.32. The predicted octanol–water partition coefficient (Wildman–Crippen LogP) is 1.68. The highest BCUT2D eigenvalue weighted by molar-refractivity contribution is 5.82. The number of carbonyl (C=O) groups excluding carboxylic acids is 2. The molecule has 1 aromatic heterocycles. The average Bonchev–Trinajstić information content (AvgIpc) is 2.52. The number of hydrogen-bond donors (Lipinski definition) is 0. The summed E-state index contributed by atoms with van der Waals surface area (Å²) >= 11 is 0. The van der Waals surface area contributed by atoms with E-state index in [-0.39, 0.29) is 0 Å². The zero-order valence-electron chi connectivity index (χ0n) is 14.0. The number of ether oxygens (including phenoxy) is 2. The van der Waals surface area contributed by atoms with Crippen LogP contribution in [0.5, 0.6) is 0 Å². The normalized spacial score (nSPS) is 18.5. The first-order chi connectivity index (χ1) is 10.8. The number of esters is 1. The van der Waals surface area contributed by atoms with Crippen molar-refractivity contribution in [1.82, 2.24) is 9.88 Å². The molecule has 1 fully saturated rings. The lowest BCUT2D eigenvalue weighted by atomic mass is 10.1. The minimum absolute atomic E-state index is 0.357. The summed E-state index contributed by atoms with van der Waals surface area (Å²) < 4.78 is 10.3. The van der Waals surface area contributed by atoms with Crippen LogP contribution < -0.4 is 4.90 Å². The molecule has 0 radical (unpaired) electrons. The molecule has 2 heterocycles. The molecular weight excluding hydrogens is 298 g/mol. The molecule has 1 amide bonds.